The first-order valence-corrected chi connectivity index (χ1v) is 9.24. The van der Waals surface area contributed by atoms with Gasteiger partial charge in [-0.1, -0.05) is 18.6 Å². The van der Waals surface area contributed by atoms with Crippen LogP contribution in [0, 0.1) is 0 Å². The van der Waals surface area contributed by atoms with Crippen molar-refractivity contribution in [3.63, 3.8) is 0 Å². The summed E-state index contributed by atoms with van der Waals surface area (Å²) in [4.78, 5) is 13.6. The summed E-state index contributed by atoms with van der Waals surface area (Å²) in [6.45, 7) is 3.96. The van der Waals surface area contributed by atoms with Gasteiger partial charge in [0.2, 0.25) is 11.9 Å². The first-order chi connectivity index (χ1) is 12.2. The molecule has 1 saturated carbocycles. The zero-order valence-electron chi connectivity index (χ0n) is 14.6. The van der Waals surface area contributed by atoms with Crippen LogP contribution >= 0.6 is 0 Å². The average Bonchev–Trinajstić information content (AvgIpc) is 2.63. The quantitative estimate of drug-likeness (QED) is 0.751. The fraction of sp³-hybridized carbons (Fsp3) is 0.556. The Kier molecular flexibility index (Phi) is 4.25. The number of rotatable bonds is 2. The first kappa shape index (κ1) is 16.2. The van der Waals surface area contributed by atoms with Crippen molar-refractivity contribution in [2.45, 2.75) is 37.8 Å². The largest absolute Gasteiger partial charge is 0.369 e. The Hall–Kier alpha value is -2.28. The van der Waals surface area contributed by atoms with E-state index in [0.29, 0.717) is 11.9 Å². The molecule has 25 heavy (non-hydrogen) atoms. The highest BCUT2D eigenvalue weighted by molar-refractivity contribution is 6.07. The summed E-state index contributed by atoms with van der Waals surface area (Å²) in [6, 6.07) is 8.45. The van der Waals surface area contributed by atoms with E-state index < -0.39 is 5.66 Å². The van der Waals surface area contributed by atoms with Gasteiger partial charge in [0.05, 0.1) is 11.4 Å². The third kappa shape index (κ3) is 2.93. The molecule has 7 nitrogen and oxygen atoms in total. The van der Waals surface area contributed by atoms with Gasteiger partial charge in [-0.2, -0.15) is 4.99 Å². The number of nitrogens with one attached hydrogen (secondary N) is 1. The molecule has 2 aliphatic heterocycles. The number of aliphatic imine (C=N–C) groups is 2. The van der Waals surface area contributed by atoms with Gasteiger partial charge in [-0.15, -0.1) is 0 Å². The number of nitrogens with two attached hydrogens (primary N) is 2. The Morgan fingerprint density at radius 1 is 0.960 bits per heavy atom. The van der Waals surface area contributed by atoms with Gasteiger partial charge in [0.1, 0.15) is 5.66 Å². The summed E-state index contributed by atoms with van der Waals surface area (Å²) in [7, 11) is 0. The summed E-state index contributed by atoms with van der Waals surface area (Å²) >= 11 is 0. The summed E-state index contributed by atoms with van der Waals surface area (Å²) < 4.78 is 0. The minimum Gasteiger partial charge on any atom is -0.369 e. The van der Waals surface area contributed by atoms with Gasteiger partial charge in [0.25, 0.3) is 0 Å². The molecule has 4 rings (SSSR count). The predicted octanol–water partition coefficient (Wildman–Crippen LogP) is 1.21. The number of piperazine rings is 1. The van der Waals surface area contributed by atoms with Crippen molar-refractivity contribution in [3.05, 3.63) is 24.3 Å². The number of benzene rings is 1. The predicted molar refractivity (Wildman–Crippen MR) is 103 cm³/mol. The molecule has 2 heterocycles. The van der Waals surface area contributed by atoms with Gasteiger partial charge >= 0.3 is 0 Å². The molecule has 0 amide bonds. The van der Waals surface area contributed by atoms with Crippen LogP contribution < -0.4 is 26.6 Å². The third-order valence-electron chi connectivity index (χ3n) is 5.43. The standard InChI is InChI=1S/C18H27N7/c19-16-22-17(20)25(18(23-16)8-4-1-5-9-18)15-7-3-2-6-14(15)24-12-10-21-11-13-24/h2-3,6-7,21H,1,4-5,8-13H2,(H4,19,20,22,23). The summed E-state index contributed by atoms with van der Waals surface area (Å²) in [5, 5.41) is 3.41. The Morgan fingerprint density at radius 2 is 1.64 bits per heavy atom. The molecule has 0 unspecified atom stereocenters. The Bertz CT molecular complexity index is 684. The molecule has 0 atom stereocenters. The van der Waals surface area contributed by atoms with Gasteiger partial charge in [-0.05, 0) is 37.8 Å². The maximum absolute atomic E-state index is 6.39. The molecule has 134 valence electrons. The maximum atomic E-state index is 6.39. The van der Waals surface area contributed by atoms with E-state index in [1.54, 1.807) is 0 Å². The number of hydrogen-bond donors (Lipinski definition) is 3. The molecule has 1 aromatic rings. The van der Waals surface area contributed by atoms with Crippen molar-refractivity contribution in [2.24, 2.45) is 21.5 Å². The van der Waals surface area contributed by atoms with Crippen LogP contribution in [0.4, 0.5) is 11.4 Å². The third-order valence-corrected chi connectivity index (χ3v) is 5.43. The lowest BCUT2D eigenvalue weighted by Gasteiger charge is -2.47. The maximum Gasteiger partial charge on any atom is 0.220 e. The summed E-state index contributed by atoms with van der Waals surface area (Å²) in [5.41, 5.74) is 14.3. The Balaban J connectivity index is 1.78. The van der Waals surface area contributed by atoms with Crippen molar-refractivity contribution in [1.82, 2.24) is 5.32 Å². The molecular weight excluding hydrogens is 314 g/mol. The monoisotopic (exact) mass is 341 g/mol. The number of anilines is 2. The van der Waals surface area contributed by atoms with Crippen molar-refractivity contribution < 1.29 is 0 Å². The molecule has 7 heteroatoms. The zero-order valence-corrected chi connectivity index (χ0v) is 14.6. The second-order valence-electron chi connectivity index (χ2n) is 7.04. The number of nitrogens with zero attached hydrogens (tertiary/aromatic N) is 4. The molecule has 1 aromatic carbocycles. The number of guanidine groups is 2. The molecule has 3 aliphatic rings. The van der Waals surface area contributed by atoms with Crippen LogP contribution in [0.3, 0.4) is 0 Å². The molecule has 5 N–H and O–H groups in total. The highest BCUT2D eigenvalue weighted by Gasteiger charge is 2.43. The van der Waals surface area contributed by atoms with E-state index in [4.69, 9.17) is 16.5 Å². The van der Waals surface area contributed by atoms with Crippen molar-refractivity contribution in [2.75, 3.05) is 36.0 Å². The van der Waals surface area contributed by atoms with Crippen LogP contribution in [0.1, 0.15) is 32.1 Å². The van der Waals surface area contributed by atoms with Crippen molar-refractivity contribution >= 4 is 23.3 Å². The van der Waals surface area contributed by atoms with Gasteiger partial charge in [0.15, 0.2) is 0 Å². The van der Waals surface area contributed by atoms with Crippen LogP contribution in [0.15, 0.2) is 34.3 Å². The second-order valence-corrected chi connectivity index (χ2v) is 7.04. The highest BCUT2D eigenvalue weighted by Crippen LogP contribution is 2.42. The van der Waals surface area contributed by atoms with Crippen LogP contribution in [-0.2, 0) is 0 Å². The van der Waals surface area contributed by atoms with E-state index in [1.165, 1.54) is 12.1 Å². The first-order valence-electron chi connectivity index (χ1n) is 9.24. The van der Waals surface area contributed by atoms with Crippen molar-refractivity contribution in [3.8, 4) is 0 Å². The lowest BCUT2D eigenvalue weighted by atomic mass is 9.87. The molecule has 0 bridgehead atoms. The lowest BCUT2D eigenvalue weighted by molar-refractivity contribution is 0.305. The molecule has 1 saturated heterocycles. The van der Waals surface area contributed by atoms with Crippen LogP contribution in [0.5, 0.6) is 0 Å². The van der Waals surface area contributed by atoms with E-state index in [-0.39, 0.29) is 0 Å². The van der Waals surface area contributed by atoms with E-state index >= 15 is 0 Å². The molecule has 1 aliphatic carbocycles. The van der Waals surface area contributed by atoms with Crippen LogP contribution in [0.2, 0.25) is 0 Å². The molecule has 1 spiro atoms. The minimum atomic E-state index is -0.391. The van der Waals surface area contributed by atoms with E-state index in [0.717, 1.165) is 57.5 Å². The molecular formula is C18H27N7. The van der Waals surface area contributed by atoms with Gasteiger partial charge in [-0.25, -0.2) is 4.99 Å². The SMILES string of the molecule is NC1=NC2(CCCCC2)N(c2ccccc2N2CCNCC2)C(N)=N1. The minimum absolute atomic E-state index is 0.301. The second kappa shape index (κ2) is 6.55. The van der Waals surface area contributed by atoms with E-state index in [9.17, 15) is 0 Å². The van der Waals surface area contributed by atoms with Crippen molar-refractivity contribution in [1.29, 1.82) is 0 Å². The molecule has 0 aromatic heterocycles. The highest BCUT2D eigenvalue weighted by atomic mass is 15.4. The van der Waals surface area contributed by atoms with Gasteiger partial charge in [0, 0.05) is 26.2 Å². The fourth-order valence-corrected chi connectivity index (χ4v) is 4.30. The zero-order chi connectivity index (χ0) is 17.3. The lowest BCUT2D eigenvalue weighted by Crippen LogP contribution is -2.58. The number of para-hydroxylation sites is 2. The Morgan fingerprint density at radius 3 is 2.36 bits per heavy atom. The number of hydrogen-bond acceptors (Lipinski definition) is 7. The summed E-state index contributed by atoms with van der Waals surface area (Å²) in [5.74, 6) is 0.757. The van der Waals surface area contributed by atoms with E-state index in [1.807, 2.05) is 0 Å². The summed E-state index contributed by atoms with van der Waals surface area (Å²) in [6.07, 6.45) is 5.42. The normalized spacial score (nSPS) is 23.4. The van der Waals surface area contributed by atoms with Crippen LogP contribution in [-0.4, -0.2) is 43.8 Å². The smallest absolute Gasteiger partial charge is 0.220 e. The molecule has 2 fully saturated rings. The van der Waals surface area contributed by atoms with Gasteiger partial charge in [-0.3, -0.25) is 4.90 Å². The molecule has 0 radical (unpaired) electrons. The van der Waals surface area contributed by atoms with Gasteiger partial charge < -0.3 is 21.7 Å². The topological polar surface area (TPSA) is 95.3 Å². The average molecular weight is 341 g/mol. The van der Waals surface area contributed by atoms with E-state index in [2.05, 4.69) is 44.4 Å². The fourth-order valence-electron chi connectivity index (χ4n) is 4.30. The Labute approximate surface area is 148 Å². The van der Waals surface area contributed by atoms with Crippen LogP contribution in [0.25, 0.3) is 0 Å².